The second-order valence-electron chi connectivity index (χ2n) is 7.48. The van der Waals surface area contributed by atoms with Crippen molar-refractivity contribution in [2.45, 2.75) is 44.6 Å². The van der Waals surface area contributed by atoms with E-state index >= 15 is 0 Å². The smallest absolute Gasteiger partial charge is 0.352 e. The molecule has 1 unspecified atom stereocenters. The summed E-state index contributed by atoms with van der Waals surface area (Å²) in [6.07, 6.45) is -4.90. The van der Waals surface area contributed by atoms with Crippen molar-refractivity contribution in [2.75, 3.05) is 5.32 Å². The number of anilines is 1. The number of carbonyl (C=O) groups excluding carboxylic acids is 2. The van der Waals surface area contributed by atoms with Gasteiger partial charge >= 0.3 is 6.18 Å². The van der Waals surface area contributed by atoms with Gasteiger partial charge in [-0.25, -0.2) is 4.39 Å². The summed E-state index contributed by atoms with van der Waals surface area (Å²) in [6, 6.07) is 7.70. The lowest BCUT2D eigenvalue weighted by Gasteiger charge is -2.31. The molecule has 0 radical (unpaired) electrons. The molecule has 3 rings (SSSR count). The minimum atomic E-state index is -4.72. The molecule has 2 heterocycles. The van der Waals surface area contributed by atoms with Crippen molar-refractivity contribution < 1.29 is 31.9 Å². The summed E-state index contributed by atoms with van der Waals surface area (Å²) >= 11 is 0. The highest BCUT2D eigenvalue weighted by Gasteiger charge is 2.65. The first-order chi connectivity index (χ1) is 13.9. The van der Waals surface area contributed by atoms with Gasteiger partial charge in [-0.1, -0.05) is 19.1 Å². The maximum atomic E-state index is 13.8. The van der Waals surface area contributed by atoms with Gasteiger partial charge in [0, 0.05) is 30.6 Å². The Balaban J connectivity index is 1.96. The molecule has 1 aliphatic heterocycles. The highest BCUT2D eigenvalue weighted by atomic mass is 19.4. The van der Waals surface area contributed by atoms with Crippen LogP contribution in [-0.4, -0.2) is 34.6 Å². The summed E-state index contributed by atoms with van der Waals surface area (Å²) in [7, 11) is 0. The van der Waals surface area contributed by atoms with Crippen LogP contribution < -0.4 is 5.32 Å². The molecule has 5 nitrogen and oxygen atoms in total. The van der Waals surface area contributed by atoms with E-state index in [9.17, 15) is 27.2 Å². The number of ether oxygens (including phenoxy) is 1. The molecular weight excluding hydrogens is 404 g/mol. The molecule has 4 atom stereocenters. The van der Waals surface area contributed by atoms with E-state index in [1.165, 1.54) is 44.3 Å². The minimum Gasteiger partial charge on any atom is -0.352 e. The van der Waals surface area contributed by atoms with E-state index in [-0.39, 0.29) is 17.2 Å². The molecule has 0 spiro atoms. The molecule has 2 aromatic rings. The van der Waals surface area contributed by atoms with Gasteiger partial charge in [-0.2, -0.15) is 13.2 Å². The SMILES string of the molecule is CC(=O)c1cc(NC(=O)C2O[C@](C)(C(F)(F)F)[C@H](C)[C@@H]2c2ccc(F)cc2)ccn1. The van der Waals surface area contributed by atoms with Crippen molar-refractivity contribution in [2.24, 2.45) is 5.92 Å². The van der Waals surface area contributed by atoms with Gasteiger partial charge in [0.2, 0.25) is 0 Å². The number of nitrogens with zero attached hydrogens (tertiary/aromatic N) is 1. The second kappa shape index (κ2) is 7.79. The number of carbonyl (C=O) groups is 2. The lowest BCUT2D eigenvalue weighted by Crippen LogP contribution is -2.47. The predicted octanol–water partition coefficient (Wildman–Crippen LogP) is 4.50. The molecule has 1 aromatic heterocycles. The van der Waals surface area contributed by atoms with Crippen LogP contribution in [0.15, 0.2) is 42.6 Å². The highest BCUT2D eigenvalue weighted by Crippen LogP contribution is 2.53. The van der Waals surface area contributed by atoms with Crippen LogP contribution in [0.5, 0.6) is 0 Å². The van der Waals surface area contributed by atoms with Crippen molar-refractivity contribution in [1.82, 2.24) is 4.98 Å². The predicted molar refractivity (Wildman–Crippen MR) is 101 cm³/mol. The number of nitrogens with one attached hydrogen (secondary N) is 1. The number of halogens is 4. The Kier molecular flexibility index (Phi) is 5.68. The average molecular weight is 424 g/mol. The molecular formula is C21H20F4N2O3. The number of hydrogen-bond donors (Lipinski definition) is 1. The Labute approximate surface area is 170 Å². The number of benzene rings is 1. The molecule has 160 valence electrons. The van der Waals surface area contributed by atoms with Crippen molar-refractivity contribution >= 4 is 17.4 Å². The van der Waals surface area contributed by atoms with Gasteiger partial charge in [0.1, 0.15) is 17.6 Å². The molecule has 9 heteroatoms. The summed E-state index contributed by atoms with van der Waals surface area (Å²) in [4.78, 5) is 28.3. The molecule has 0 bridgehead atoms. The van der Waals surface area contributed by atoms with Gasteiger partial charge in [-0.15, -0.1) is 0 Å². The zero-order chi connectivity index (χ0) is 22.3. The van der Waals surface area contributed by atoms with E-state index in [4.69, 9.17) is 4.74 Å². The first-order valence-corrected chi connectivity index (χ1v) is 9.22. The summed E-state index contributed by atoms with van der Waals surface area (Å²) < 4.78 is 60.0. The van der Waals surface area contributed by atoms with Gasteiger partial charge in [0.15, 0.2) is 11.4 Å². The molecule has 30 heavy (non-hydrogen) atoms. The van der Waals surface area contributed by atoms with Crippen LogP contribution in [0.2, 0.25) is 0 Å². The summed E-state index contributed by atoms with van der Waals surface area (Å²) in [6.45, 7) is 3.56. The van der Waals surface area contributed by atoms with Crippen molar-refractivity contribution in [1.29, 1.82) is 0 Å². The molecule has 1 fully saturated rings. The number of pyridine rings is 1. The van der Waals surface area contributed by atoms with Crippen LogP contribution in [0, 0.1) is 11.7 Å². The number of aromatic nitrogens is 1. The fraction of sp³-hybridized carbons (Fsp3) is 0.381. The number of ketones is 1. The molecule has 1 N–H and O–H groups in total. The molecule has 1 aromatic carbocycles. The highest BCUT2D eigenvalue weighted by molar-refractivity contribution is 5.97. The quantitative estimate of drug-likeness (QED) is 0.580. The zero-order valence-corrected chi connectivity index (χ0v) is 16.5. The van der Waals surface area contributed by atoms with Crippen LogP contribution in [-0.2, 0) is 9.53 Å². The fourth-order valence-electron chi connectivity index (χ4n) is 3.65. The Morgan fingerprint density at radius 2 is 1.80 bits per heavy atom. The lowest BCUT2D eigenvalue weighted by molar-refractivity contribution is -0.272. The minimum absolute atomic E-state index is 0.101. The Morgan fingerprint density at radius 3 is 2.37 bits per heavy atom. The van der Waals surface area contributed by atoms with Crippen LogP contribution in [0.1, 0.15) is 42.7 Å². The van der Waals surface area contributed by atoms with E-state index in [1.54, 1.807) is 0 Å². The first kappa shape index (κ1) is 21.9. The Morgan fingerprint density at radius 1 is 1.17 bits per heavy atom. The molecule has 1 aliphatic rings. The molecule has 0 saturated carbocycles. The van der Waals surface area contributed by atoms with Crippen LogP contribution in [0.3, 0.4) is 0 Å². The second-order valence-corrected chi connectivity index (χ2v) is 7.48. The van der Waals surface area contributed by atoms with Crippen molar-refractivity contribution in [3.8, 4) is 0 Å². The van der Waals surface area contributed by atoms with E-state index in [0.29, 0.717) is 5.56 Å². The zero-order valence-electron chi connectivity index (χ0n) is 16.5. The summed E-state index contributed by atoms with van der Waals surface area (Å²) in [5, 5.41) is 2.50. The van der Waals surface area contributed by atoms with Gasteiger partial charge in [-0.3, -0.25) is 14.6 Å². The van der Waals surface area contributed by atoms with Gasteiger partial charge < -0.3 is 10.1 Å². The maximum absolute atomic E-state index is 13.8. The maximum Gasteiger partial charge on any atom is 0.417 e. The first-order valence-electron chi connectivity index (χ1n) is 9.22. The normalized spacial score (nSPS) is 26.4. The van der Waals surface area contributed by atoms with Gasteiger partial charge in [0.05, 0.1) is 0 Å². The topological polar surface area (TPSA) is 68.3 Å². The average Bonchev–Trinajstić information content (AvgIpc) is 2.95. The molecule has 1 amide bonds. The van der Waals surface area contributed by atoms with Gasteiger partial charge in [0.25, 0.3) is 5.91 Å². The van der Waals surface area contributed by atoms with Crippen molar-refractivity contribution in [3.63, 3.8) is 0 Å². The third kappa shape index (κ3) is 3.94. The monoisotopic (exact) mass is 424 g/mol. The third-order valence-electron chi connectivity index (χ3n) is 5.57. The lowest BCUT2D eigenvalue weighted by atomic mass is 9.77. The molecule has 1 saturated heterocycles. The van der Waals surface area contributed by atoms with E-state index in [1.807, 2.05) is 0 Å². The van der Waals surface area contributed by atoms with E-state index in [0.717, 1.165) is 19.1 Å². The summed E-state index contributed by atoms with van der Waals surface area (Å²) in [5.74, 6) is -3.76. The number of hydrogen-bond acceptors (Lipinski definition) is 4. The Hall–Kier alpha value is -2.81. The van der Waals surface area contributed by atoms with Crippen LogP contribution >= 0.6 is 0 Å². The van der Waals surface area contributed by atoms with E-state index in [2.05, 4.69) is 10.3 Å². The van der Waals surface area contributed by atoms with Crippen molar-refractivity contribution in [3.05, 3.63) is 59.7 Å². The van der Waals surface area contributed by atoms with Gasteiger partial charge in [-0.05, 0) is 36.8 Å². The number of alkyl halides is 3. The number of Topliss-reactive ketones (excluding diaryl/α,β-unsaturated/α-hetero) is 1. The standard InChI is InChI=1S/C21H20F4N2O3/c1-11-17(13-4-6-14(22)7-5-13)18(30-20(11,3)21(23,24)25)19(29)27-15-8-9-26-16(10-15)12(2)28/h4-11,17-18H,1-3H3,(H,26,27,29)/t11-,17-,18?,20+/m1/s1. The number of amides is 1. The molecule has 0 aliphatic carbocycles. The van der Waals surface area contributed by atoms with E-state index < -0.39 is 41.4 Å². The van der Waals surface area contributed by atoms with Crippen LogP contribution in [0.4, 0.5) is 23.2 Å². The van der Waals surface area contributed by atoms with Crippen LogP contribution in [0.25, 0.3) is 0 Å². The number of rotatable bonds is 4. The Bertz CT molecular complexity index is 961. The summed E-state index contributed by atoms with van der Waals surface area (Å²) in [5.41, 5.74) is -1.91. The fourth-order valence-corrected chi connectivity index (χ4v) is 3.65. The largest absolute Gasteiger partial charge is 0.417 e. The third-order valence-corrected chi connectivity index (χ3v) is 5.57.